The molecule has 0 unspecified atom stereocenters. The highest BCUT2D eigenvalue weighted by molar-refractivity contribution is 7.97. The first-order valence-electron chi connectivity index (χ1n) is 9.52. The predicted molar refractivity (Wildman–Crippen MR) is 112 cm³/mol. The number of benzene rings is 3. The van der Waals surface area contributed by atoms with E-state index in [1.165, 1.54) is 4.31 Å². The molecule has 34 heavy (non-hydrogen) atoms. The van der Waals surface area contributed by atoms with E-state index in [0.717, 1.165) is 24.3 Å². The number of rotatable bonds is 7. The molecule has 0 amide bonds. The second kappa shape index (κ2) is 10.1. The maximum Gasteiger partial charge on any atom is 0.416 e. The van der Waals surface area contributed by atoms with E-state index < -0.39 is 45.7 Å². The fourth-order valence-electron chi connectivity index (χ4n) is 2.95. The van der Waals surface area contributed by atoms with E-state index in [1.807, 2.05) is 0 Å². The lowest BCUT2D eigenvalue weighted by Crippen LogP contribution is -2.17. The number of nitrogens with zero attached hydrogens (tertiary/aromatic N) is 1. The van der Waals surface area contributed by atoms with Crippen LogP contribution in [0.3, 0.4) is 0 Å². The van der Waals surface area contributed by atoms with E-state index in [1.54, 1.807) is 24.3 Å². The molecule has 0 aromatic heterocycles. The van der Waals surface area contributed by atoms with Crippen LogP contribution in [0.5, 0.6) is 0 Å². The lowest BCUT2D eigenvalue weighted by atomic mass is 10.1. The molecule has 3 aromatic rings. The van der Waals surface area contributed by atoms with Crippen LogP contribution in [0, 0.1) is 29.1 Å². The number of hydrogen-bond donors (Lipinski definition) is 1. The molecule has 2 nitrogen and oxygen atoms in total. The summed E-state index contributed by atoms with van der Waals surface area (Å²) in [7, 11) is 0. The van der Waals surface area contributed by atoms with Gasteiger partial charge in [-0.05, 0) is 40.8 Å². The van der Waals surface area contributed by atoms with Gasteiger partial charge in [0.15, 0.2) is 23.3 Å². The Balaban J connectivity index is 1.94. The highest BCUT2D eigenvalue weighted by Gasteiger charge is 2.30. The highest BCUT2D eigenvalue weighted by atomic mass is 32.2. The zero-order valence-corrected chi connectivity index (χ0v) is 18.0. The van der Waals surface area contributed by atoms with Gasteiger partial charge in [-0.15, -0.1) is 0 Å². The summed E-state index contributed by atoms with van der Waals surface area (Å²) in [4.78, 5) is -1.13. The molecule has 0 radical (unpaired) electrons. The van der Waals surface area contributed by atoms with Crippen molar-refractivity contribution in [2.24, 2.45) is 5.73 Å². The normalized spacial score (nSPS) is 11.8. The number of nitrogens with two attached hydrogens (primary N) is 1. The minimum absolute atomic E-state index is 0.0531. The van der Waals surface area contributed by atoms with Crippen molar-refractivity contribution >= 4 is 17.6 Å². The van der Waals surface area contributed by atoms with Crippen LogP contribution in [0.1, 0.15) is 22.3 Å². The van der Waals surface area contributed by atoms with E-state index in [2.05, 4.69) is 6.58 Å². The molecule has 0 fully saturated rings. The van der Waals surface area contributed by atoms with E-state index in [4.69, 9.17) is 5.73 Å². The molecule has 0 spiro atoms. The number of alkyl halides is 3. The summed E-state index contributed by atoms with van der Waals surface area (Å²) in [6, 6.07) is 10.5. The Kier molecular flexibility index (Phi) is 7.57. The zero-order valence-electron chi connectivity index (χ0n) is 17.2. The van der Waals surface area contributed by atoms with Crippen molar-refractivity contribution in [2.75, 3.05) is 0 Å². The molecule has 180 valence electrons. The molecule has 0 bridgehead atoms. The summed E-state index contributed by atoms with van der Waals surface area (Å²) in [5.74, 6) is -10.5. The van der Waals surface area contributed by atoms with Crippen LogP contribution in [0.15, 0.2) is 60.0 Å². The SMILES string of the molecule is C=C(N)c1ccc(CN(Cc2ccc(C(F)(F)F)cc2)Sc2c(F)c(F)c(F)c(F)c2F)cc1. The van der Waals surface area contributed by atoms with Crippen LogP contribution in [0.2, 0.25) is 0 Å². The van der Waals surface area contributed by atoms with Gasteiger partial charge in [-0.1, -0.05) is 43.0 Å². The quantitative estimate of drug-likeness (QED) is 0.162. The summed E-state index contributed by atoms with van der Waals surface area (Å²) >= 11 is 0.261. The van der Waals surface area contributed by atoms with Crippen molar-refractivity contribution < 1.29 is 35.1 Å². The second-order valence-corrected chi connectivity index (χ2v) is 8.31. The smallest absolute Gasteiger partial charge is 0.399 e. The lowest BCUT2D eigenvalue weighted by Gasteiger charge is -2.22. The third kappa shape index (κ3) is 5.71. The summed E-state index contributed by atoms with van der Waals surface area (Å²) in [6.45, 7) is 3.37. The molecule has 0 aliphatic carbocycles. The molecule has 0 saturated carbocycles. The Morgan fingerprint density at radius 3 is 1.56 bits per heavy atom. The largest absolute Gasteiger partial charge is 0.416 e. The lowest BCUT2D eigenvalue weighted by molar-refractivity contribution is -0.137. The Morgan fingerprint density at radius 1 is 0.735 bits per heavy atom. The molecule has 0 atom stereocenters. The third-order valence-corrected chi connectivity index (χ3v) is 5.77. The monoisotopic (exact) mass is 504 g/mol. The number of hydrogen-bond acceptors (Lipinski definition) is 3. The first kappa shape index (κ1) is 25.6. The van der Waals surface area contributed by atoms with Gasteiger partial charge in [0.1, 0.15) is 4.90 Å². The Bertz CT molecular complexity index is 1160. The van der Waals surface area contributed by atoms with E-state index in [-0.39, 0.29) is 25.0 Å². The van der Waals surface area contributed by atoms with Crippen molar-refractivity contribution in [3.05, 3.63) is 106 Å². The van der Waals surface area contributed by atoms with Crippen LogP contribution >= 0.6 is 11.9 Å². The van der Waals surface area contributed by atoms with Gasteiger partial charge in [0.2, 0.25) is 5.82 Å². The summed E-state index contributed by atoms with van der Waals surface area (Å²) in [6.07, 6.45) is -4.56. The first-order valence-corrected chi connectivity index (χ1v) is 10.3. The van der Waals surface area contributed by atoms with Crippen LogP contribution in [-0.2, 0) is 19.3 Å². The van der Waals surface area contributed by atoms with Crippen LogP contribution in [-0.4, -0.2) is 4.31 Å². The third-order valence-electron chi connectivity index (χ3n) is 4.71. The van der Waals surface area contributed by atoms with E-state index >= 15 is 0 Å². The molecule has 0 heterocycles. The molecule has 3 aromatic carbocycles. The summed E-state index contributed by atoms with van der Waals surface area (Å²) < 4.78 is 109. The highest BCUT2D eigenvalue weighted by Crippen LogP contribution is 2.35. The average molecular weight is 504 g/mol. The van der Waals surface area contributed by atoms with Gasteiger partial charge in [-0.2, -0.15) is 13.2 Å². The topological polar surface area (TPSA) is 29.3 Å². The van der Waals surface area contributed by atoms with Gasteiger partial charge >= 0.3 is 6.18 Å². The van der Waals surface area contributed by atoms with Gasteiger partial charge in [0, 0.05) is 18.8 Å². The standard InChI is InChI=1S/C23H16F8N2S/c1-12(32)15-6-2-13(3-7-15)10-33(11-14-4-8-16(9-5-14)23(29,30)31)34-22-20(27)18(25)17(24)19(26)21(22)28/h2-9H,1,10-11,32H2. The number of halogens is 8. The average Bonchev–Trinajstić information content (AvgIpc) is 2.79. The Morgan fingerprint density at radius 2 is 1.15 bits per heavy atom. The zero-order chi connectivity index (χ0) is 25.2. The van der Waals surface area contributed by atoms with Crippen molar-refractivity contribution in [1.82, 2.24) is 4.31 Å². The Labute approximate surface area is 193 Å². The van der Waals surface area contributed by atoms with E-state index in [0.29, 0.717) is 22.4 Å². The minimum atomic E-state index is -4.56. The Hall–Kier alpha value is -3.05. The van der Waals surface area contributed by atoms with Crippen molar-refractivity contribution in [1.29, 1.82) is 0 Å². The van der Waals surface area contributed by atoms with Gasteiger partial charge in [-0.25, -0.2) is 26.3 Å². The first-order chi connectivity index (χ1) is 15.9. The van der Waals surface area contributed by atoms with Gasteiger partial charge in [0.25, 0.3) is 0 Å². The van der Waals surface area contributed by atoms with Gasteiger partial charge in [0.05, 0.1) is 5.56 Å². The van der Waals surface area contributed by atoms with Crippen LogP contribution in [0.25, 0.3) is 5.70 Å². The molecule has 0 saturated heterocycles. The fourth-order valence-corrected chi connectivity index (χ4v) is 3.97. The van der Waals surface area contributed by atoms with Crippen LogP contribution < -0.4 is 5.73 Å². The molecular weight excluding hydrogens is 488 g/mol. The fraction of sp³-hybridized carbons (Fsp3) is 0.130. The maximum atomic E-state index is 14.2. The van der Waals surface area contributed by atoms with Gasteiger partial charge < -0.3 is 5.73 Å². The summed E-state index contributed by atoms with van der Waals surface area (Å²) in [5, 5.41) is 0. The maximum absolute atomic E-state index is 14.2. The van der Waals surface area contributed by atoms with Crippen molar-refractivity contribution in [3.8, 4) is 0 Å². The summed E-state index contributed by atoms with van der Waals surface area (Å²) in [5.41, 5.74) is 6.52. The van der Waals surface area contributed by atoms with E-state index in [9.17, 15) is 35.1 Å². The minimum Gasteiger partial charge on any atom is -0.399 e. The van der Waals surface area contributed by atoms with Gasteiger partial charge in [-0.3, -0.25) is 0 Å². The molecule has 0 aliphatic heterocycles. The molecule has 2 N–H and O–H groups in total. The predicted octanol–water partition coefficient (Wildman–Crippen LogP) is 7.04. The molecule has 0 aliphatic rings. The molecular formula is C23H16F8N2S. The van der Waals surface area contributed by atoms with Crippen molar-refractivity contribution in [3.63, 3.8) is 0 Å². The van der Waals surface area contributed by atoms with Crippen molar-refractivity contribution in [2.45, 2.75) is 24.2 Å². The molecule has 3 rings (SSSR count). The van der Waals surface area contributed by atoms with Crippen LogP contribution in [0.4, 0.5) is 35.1 Å². The second-order valence-electron chi connectivity index (χ2n) is 7.21. The molecule has 11 heteroatoms.